The molecule has 2 rings (SSSR count). The molecule has 0 aliphatic carbocycles. The third kappa shape index (κ3) is 7.62. The van der Waals surface area contributed by atoms with Crippen LogP contribution in [0.3, 0.4) is 0 Å². The Bertz CT molecular complexity index is 1140. The first-order chi connectivity index (χ1) is 17.7. The Balaban J connectivity index is 2.08. The van der Waals surface area contributed by atoms with Crippen LogP contribution in [0, 0.1) is 5.41 Å². The molecule has 15 heteroatoms. The second-order valence-corrected chi connectivity index (χ2v) is 11.0. The molecule has 1 aromatic rings. The van der Waals surface area contributed by atoms with Gasteiger partial charge in [-0.15, -0.1) is 4.28 Å². The Labute approximate surface area is 227 Å². The van der Waals surface area contributed by atoms with Crippen LogP contribution in [0.5, 0.6) is 11.5 Å². The lowest BCUT2D eigenvalue weighted by Crippen LogP contribution is -2.50. The zero-order valence-electron chi connectivity index (χ0n) is 22.2. The zero-order chi connectivity index (χ0) is 28.8. The highest BCUT2D eigenvalue weighted by molar-refractivity contribution is 7.81. The molecular weight excluding hydrogens is 546 g/mol. The Morgan fingerprint density at radius 3 is 2.37 bits per heavy atom. The van der Waals surface area contributed by atoms with Crippen LogP contribution in [0.1, 0.15) is 50.4 Å². The van der Waals surface area contributed by atoms with Crippen molar-refractivity contribution in [1.82, 2.24) is 9.96 Å². The number of urea groups is 1. The maximum absolute atomic E-state index is 12.9. The van der Waals surface area contributed by atoms with Crippen LogP contribution in [-0.4, -0.2) is 82.9 Å². The van der Waals surface area contributed by atoms with Gasteiger partial charge in [-0.25, -0.2) is 13.8 Å². The average Bonchev–Trinajstić information content (AvgIpc) is 2.97. The number of carbonyl (C=O) groups is 3. The zero-order valence-corrected chi connectivity index (χ0v) is 23.8. The molecule has 3 amide bonds. The van der Waals surface area contributed by atoms with Crippen molar-refractivity contribution in [2.45, 2.75) is 52.1 Å². The fourth-order valence-electron chi connectivity index (χ4n) is 3.73. The van der Waals surface area contributed by atoms with Crippen molar-refractivity contribution in [3.8, 4) is 11.5 Å². The van der Waals surface area contributed by atoms with Crippen molar-refractivity contribution in [3.63, 3.8) is 0 Å². The molecule has 0 saturated carbocycles. The van der Waals surface area contributed by atoms with E-state index in [0.29, 0.717) is 11.5 Å². The summed E-state index contributed by atoms with van der Waals surface area (Å²) in [4.78, 5) is 38.4. The summed E-state index contributed by atoms with van der Waals surface area (Å²) in [6.07, 6.45) is 0.892. The minimum atomic E-state index is -4.72. The standard InChI is InChI=1S/C23H34ClN3O10S/c1-7-14-8-10-16(20(25)28)26(4)22(30)27(14)37-38(31,32)36-13-23(2,3)12-35-21(29)18-17(33-5)11-9-15(24)19(18)34-6/h9,11,14,16H,7-8,10,12-13H2,1-6H3,(H2,25,28)/t14-,16-/m0/s1. The van der Waals surface area contributed by atoms with Gasteiger partial charge < -0.3 is 24.8 Å². The van der Waals surface area contributed by atoms with Gasteiger partial charge in [0, 0.05) is 12.5 Å². The molecule has 0 aromatic heterocycles. The van der Waals surface area contributed by atoms with E-state index in [9.17, 15) is 22.8 Å². The third-order valence-electron chi connectivity index (χ3n) is 5.92. The van der Waals surface area contributed by atoms with Gasteiger partial charge in [-0.05, 0) is 31.4 Å². The molecule has 214 valence electrons. The lowest BCUT2D eigenvalue weighted by Gasteiger charge is -2.30. The van der Waals surface area contributed by atoms with E-state index in [0.717, 1.165) is 4.90 Å². The Kier molecular flexibility index (Phi) is 10.6. The molecule has 1 aliphatic rings. The number of halogens is 1. The number of esters is 1. The van der Waals surface area contributed by atoms with Gasteiger partial charge in [0.2, 0.25) is 5.91 Å². The van der Waals surface area contributed by atoms with E-state index >= 15 is 0 Å². The van der Waals surface area contributed by atoms with Gasteiger partial charge in [0.05, 0.1) is 38.5 Å². The monoisotopic (exact) mass is 579 g/mol. The van der Waals surface area contributed by atoms with Crippen molar-refractivity contribution < 1.29 is 45.5 Å². The summed E-state index contributed by atoms with van der Waals surface area (Å²) in [5.41, 5.74) is 4.34. The second kappa shape index (κ2) is 12.8. The molecule has 0 bridgehead atoms. The Morgan fingerprint density at radius 2 is 1.82 bits per heavy atom. The van der Waals surface area contributed by atoms with E-state index in [2.05, 4.69) is 0 Å². The van der Waals surface area contributed by atoms with Crippen LogP contribution in [-0.2, 0) is 28.4 Å². The molecule has 13 nitrogen and oxygen atoms in total. The van der Waals surface area contributed by atoms with Crippen LogP contribution in [0.25, 0.3) is 0 Å². The highest BCUT2D eigenvalue weighted by Crippen LogP contribution is 2.36. The lowest BCUT2D eigenvalue weighted by atomic mass is 9.96. The molecule has 0 spiro atoms. The lowest BCUT2D eigenvalue weighted by molar-refractivity contribution is -0.122. The van der Waals surface area contributed by atoms with Gasteiger partial charge in [0.1, 0.15) is 17.4 Å². The fourth-order valence-corrected chi connectivity index (χ4v) is 4.85. The quantitative estimate of drug-likeness (QED) is 0.364. The van der Waals surface area contributed by atoms with Crippen molar-refractivity contribution in [2.75, 3.05) is 34.5 Å². The summed E-state index contributed by atoms with van der Waals surface area (Å²) in [6.45, 7) is 4.22. The minimum absolute atomic E-state index is 0.0289. The van der Waals surface area contributed by atoms with Crippen molar-refractivity contribution in [3.05, 3.63) is 22.7 Å². The molecule has 1 aliphatic heterocycles. The number of hydrogen-bond donors (Lipinski definition) is 1. The molecule has 0 unspecified atom stereocenters. The number of ether oxygens (including phenoxy) is 3. The maximum Gasteiger partial charge on any atom is 0.421 e. The van der Waals surface area contributed by atoms with Gasteiger partial charge in [-0.1, -0.05) is 32.4 Å². The molecule has 1 aromatic carbocycles. The Hall–Kier alpha value is -2.81. The number of hydroxylamine groups is 2. The summed E-state index contributed by atoms with van der Waals surface area (Å²) in [7, 11) is -0.682. The number of nitrogens with zero attached hydrogens (tertiary/aromatic N) is 2. The number of hydrogen-bond acceptors (Lipinski definition) is 10. The number of methoxy groups -OCH3 is 2. The molecule has 38 heavy (non-hydrogen) atoms. The molecule has 2 N–H and O–H groups in total. The normalized spacial score (nSPS) is 18.7. The molecular formula is C23H34ClN3O10S. The SMILES string of the molecule is CC[C@H]1CC[C@@H](C(N)=O)N(C)C(=O)N1OS(=O)(=O)OCC(C)(C)COC(=O)c1c(OC)ccc(Cl)c1OC. The summed E-state index contributed by atoms with van der Waals surface area (Å²) in [5, 5.41) is 0.857. The van der Waals surface area contributed by atoms with E-state index < -0.39 is 52.4 Å². The Morgan fingerprint density at radius 1 is 1.16 bits per heavy atom. The molecule has 1 heterocycles. The minimum Gasteiger partial charge on any atom is -0.496 e. The van der Waals surface area contributed by atoms with Gasteiger partial charge in [-0.2, -0.15) is 13.5 Å². The van der Waals surface area contributed by atoms with Crippen LogP contribution in [0.4, 0.5) is 4.79 Å². The van der Waals surface area contributed by atoms with Crippen molar-refractivity contribution >= 4 is 39.9 Å². The molecule has 1 saturated heterocycles. The first-order valence-corrected chi connectivity index (χ1v) is 13.4. The molecule has 2 atom stereocenters. The number of rotatable bonds is 12. The highest BCUT2D eigenvalue weighted by Gasteiger charge is 2.40. The van der Waals surface area contributed by atoms with Gasteiger partial charge >= 0.3 is 22.4 Å². The van der Waals surface area contributed by atoms with E-state index in [1.54, 1.807) is 20.8 Å². The van der Waals surface area contributed by atoms with Gasteiger partial charge in [0.25, 0.3) is 0 Å². The second-order valence-electron chi connectivity index (χ2n) is 9.42. The van der Waals surface area contributed by atoms with E-state index in [-0.39, 0.29) is 41.5 Å². The summed E-state index contributed by atoms with van der Waals surface area (Å²) >= 11 is 6.10. The molecule has 0 radical (unpaired) electrons. The predicted octanol–water partition coefficient (Wildman–Crippen LogP) is 2.51. The smallest absolute Gasteiger partial charge is 0.421 e. The van der Waals surface area contributed by atoms with Crippen LogP contribution >= 0.6 is 11.6 Å². The number of nitrogens with two attached hydrogens (primary N) is 1. The molecule has 1 fully saturated rings. The third-order valence-corrected chi connectivity index (χ3v) is 6.97. The van der Waals surface area contributed by atoms with Gasteiger partial charge in [-0.3, -0.25) is 4.79 Å². The predicted molar refractivity (Wildman–Crippen MR) is 136 cm³/mol. The van der Waals surface area contributed by atoms with E-state index in [4.69, 9.17) is 40.0 Å². The van der Waals surface area contributed by atoms with Gasteiger partial charge in [0.15, 0.2) is 5.75 Å². The number of amides is 3. The number of benzene rings is 1. The number of likely N-dealkylation sites (N-methyl/N-ethyl adjacent to an activating group) is 1. The van der Waals surface area contributed by atoms with Crippen LogP contribution < -0.4 is 15.2 Å². The van der Waals surface area contributed by atoms with Crippen molar-refractivity contribution in [2.24, 2.45) is 11.1 Å². The van der Waals surface area contributed by atoms with E-state index in [1.165, 1.54) is 33.4 Å². The highest BCUT2D eigenvalue weighted by atomic mass is 35.5. The van der Waals surface area contributed by atoms with E-state index in [1.807, 2.05) is 0 Å². The average molecular weight is 580 g/mol. The summed E-state index contributed by atoms with van der Waals surface area (Å²) in [6, 6.07) is 0.602. The first-order valence-electron chi connectivity index (χ1n) is 11.7. The van der Waals surface area contributed by atoms with Crippen LogP contribution in [0.2, 0.25) is 5.02 Å². The maximum atomic E-state index is 12.9. The van der Waals surface area contributed by atoms with Crippen molar-refractivity contribution in [1.29, 1.82) is 0 Å². The number of primary amides is 1. The van der Waals surface area contributed by atoms with Crippen LogP contribution in [0.15, 0.2) is 12.1 Å². The first kappa shape index (κ1) is 31.4. The summed E-state index contributed by atoms with van der Waals surface area (Å²) < 4.78 is 51.1. The number of carbonyl (C=O) groups excluding carboxylic acids is 3. The largest absolute Gasteiger partial charge is 0.496 e. The topological polar surface area (TPSA) is 164 Å². The summed E-state index contributed by atoms with van der Waals surface area (Å²) in [5.74, 6) is -1.27. The fraction of sp³-hybridized carbons (Fsp3) is 0.609.